The summed E-state index contributed by atoms with van der Waals surface area (Å²) < 4.78 is 35.0. The number of likely N-dealkylation sites (N-methyl/N-ethyl adjacent to an activating group) is 1. The number of allylic oxidation sites excluding steroid dienone is 20. The van der Waals surface area contributed by atoms with Crippen LogP contribution in [0, 0.1) is 0 Å². The summed E-state index contributed by atoms with van der Waals surface area (Å²) in [5.74, 6) is -0.345. The monoisotopic (exact) mass is 897 g/mol. The van der Waals surface area contributed by atoms with Gasteiger partial charge in [0.1, 0.15) is 19.3 Å². The highest BCUT2D eigenvalue weighted by Gasteiger charge is 2.26. The van der Waals surface area contributed by atoms with Crippen LogP contribution in [-0.4, -0.2) is 75.6 Å². The van der Waals surface area contributed by atoms with Gasteiger partial charge in [-0.3, -0.25) is 13.8 Å². The first-order valence-electron chi connectivity index (χ1n) is 24.3. The van der Waals surface area contributed by atoms with Crippen molar-refractivity contribution < 1.29 is 37.3 Å². The lowest BCUT2D eigenvalue weighted by Gasteiger charge is -2.24. The van der Waals surface area contributed by atoms with E-state index in [4.69, 9.17) is 18.5 Å². The van der Waals surface area contributed by atoms with Gasteiger partial charge >= 0.3 is 13.8 Å². The standard InChI is InChI=1S/C54H90NO7P/c1-6-8-10-12-14-16-18-20-22-24-25-26-27-28-29-30-32-34-36-38-40-42-44-46-49-59-51-53(52-61-63(57,58)60-50-48-55(3,4)5)62-54(56)47-45-43-41-39-37-35-33-31-23-21-19-17-15-13-11-9-7-2/h8-11,14-17,20-23,25-26,28-29,32,34,38,40,53H,6-7,12-13,18-19,24,27,30-31,33,35-37,39,41-52H2,1-5H3/p+1/b10-8-,11-9-,16-14-,17-15-,22-20-,23-21-,26-25-,29-28-,34-32-,40-38-. The number of unbranched alkanes of at least 4 members (excludes halogenated alkanes) is 9. The fourth-order valence-electron chi connectivity index (χ4n) is 5.84. The lowest BCUT2D eigenvalue weighted by Crippen LogP contribution is -2.37. The van der Waals surface area contributed by atoms with Crippen molar-refractivity contribution in [2.75, 3.05) is 54.1 Å². The Morgan fingerprint density at radius 3 is 1.30 bits per heavy atom. The minimum absolute atomic E-state index is 0.0700. The van der Waals surface area contributed by atoms with Gasteiger partial charge in [0.25, 0.3) is 0 Å². The van der Waals surface area contributed by atoms with Crippen LogP contribution in [0.15, 0.2) is 122 Å². The van der Waals surface area contributed by atoms with Crippen molar-refractivity contribution in [3.63, 3.8) is 0 Å². The average molecular weight is 897 g/mol. The van der Waals surface area contributed by atoms with Gasteiger partial charge in [-0.05, 0) is 103 Å². The third kappa shape index (κ3) is 49.8. The Kier molecular flexibility index (Phi) is 43.2. The Hall–Kier alpha value is -3.10. The molecule has 0 rings (SSSR count). The van der Waals surface area contributed by atoms with Gasteiger partial charge in [0.15, 0.2) is 0 Å². The van der Waals surface area contributed by atoms with Crippen LogP contribution >= 0.6 is 7.82 Å². The zero-order valence-electron chi connectivity index (χ0n) is 40.5. The molecule has 0 aliphatic heterocycles. The highest BCUT2D eigenvalue weighted by molar-refractivity contribution is 7.47. The highest BCUT2D eigenvalue weighted by atomic mass is 31.2. The second kappa shape index (κ2) is 45.5. The molecular weight excluding hydrogens is 806 g/mol. The molecule has 0 aromatic rings. The molecule has 0 aromatic heterocycles. The summed E-state index contributed by atoms with van der Waals surface area (Å²) >= 11 is 0. The van der Waals surface area contributed by atoms with E-state index >= 15 is 0 Å². The van der Waals surface area contributed by atoms with E-state index in [9.17, 15) is 14.3 Å². The van der Waals surface area contributed by atoms with Crippen molar-refractivity contribution in [1.82, 2.24) is 0 Å². The molecule has 358 valence electrons. The fourth-order valence-corrected chi connectivity index (χ4v) is 6.58. The van der Waals surface area contributed by atoms with E-state index in [1.165, 1.54) is 19.3 Å². The molecule has 9 heteroatoms. The molecule has 2 unspecified atom stereocenters. The first-order chi connectivity index (χ1) is 30.6. The van der Waals surface area contributed by atoms with Gasteiger partial charge in [-0.15, -0.1) is 0 Å². The van der Waals surface area contributed by atoms with Crippen molar-refractivity contribution in [2.24, 2.45) is 0 Å². The smallest absolute Gasteiger partial charge is 0.457 e. The van der Waals surface area contributed by atoms with Crippen LogP contribution < -0.4 is 0 Å². The van der Waals surface area contributed by atoms with Crippen molar-refractivity contribution in [3.8, 4) is 0 Å². The van der Waals surface area contributed by atoms with Crippen LogP contribution in [-0.2, 0) is 27.9 Å². The molecule has 0 saturated heterocycles. The number of nitrogens with zero attached hydrogens (tertiary/aromatic N) is 1. The van der Waals surface area contributed by atoms with Crippen molar-refractivity contribution in [2.45, 2.75) is 161 Å². The van der Waals surface area contributed by atoms with Crippen molar-refractivity contribution >= 4 is 13.8 Å². The Labute approximate surface area is 386 Å². The summed E-state index contributed by atoms with van der Waals surface area (Å²) in [4.78, 5) is 23.0. The second-order valence-electron chi connectivity index (χ2n) is 16.7. The maximum atomic E-state index is 12.7. The molecule has 0 fully saturated rings. The molecule has 1 N–H and O–H groups in total. The molecule has 0 aliphatic rings. The SMILES string of the molecule is CC/C=C\C/C=C\C/C=C\C/C=C\C/C=C\C/C=C\C/C=C\CCCCOCC(COP(=O)(O)OCC[N+](C)(C)C)OC(=O)CCCCCCCCC/C=C\C/C=C\C/C=C\CC. The molecule has 0 spiro atoms. The van der Waals surface area contributed by atoms with Crippen LogP contribution in [0.3, 0.4) is 0 Å². The van der Waals surface area contributed by atoms with Crippen LogP contribution in [0.25, 0.3) is 0 Å². The van der Waals surface area contributed by atoms with Gasteiger partial charge in [-0.25, -0.2) is 4.57 Å². The Balaban J connectivity index is 4.32. The number of carbonyl (C=O) groups excluding carboxylic acids is 1. The van der Waals surface area contributed by atoms with Crippen LogP contribution in [0.1, 0.15) is 155 Å². The number of carbonyl (C=O) groups is 1. The van der Waals surface area contributed by atoms with Crippen LogP contribution in [0.4, 0.5) is 0 Å². The summed E-state index contributed by atoms with van der Waals surface area (Å²) in [6.45, 7) is 5.23. The van der Waals surface area contributed by atoms with Gasteiger partial charge < -0.3 is 18.9 Å². The minimum Gasteiger partial charge on any atom is -0.457 e. The molecule has 0 amide bonds. The number of quaternary nitrogens is 1. The average Bonchev–Trinajstić information content (AvgIpc) is 3.24. The summed E-state index contributed by atoms with van der Waals surface area (Å²) in [5.41, 5.74) is 0. The molecule has 63 heavy (non-hydrogen) atoms. The van der Waals surface area contributed by atoms with Gasteiger partial charge in [0.05, 0.1) is 34.4 Å². The molecule has 0 aliphatic carbocycles. The van der Waals surface area contributed by atoms with Crippen molar-refractivity contribution in [3.05, 3.63) is 122 Å². The maximum absolute atomic E-state index is 12.7. The molecule has 0 radical (unpaired) electrons. The van der Waals surface area contributed by atoms with E-state index in [-0.39, 0.29) is 25.8 Å². The Bertz CT molecular complexity index is 1410. The van der Waals surface area contributed by atoms with Gasteiger partial charge in [0.2, 0.25) is 0 Å². The predicted molar refractivity (Wildman–Crippen MR) is 270 cm³/mol. The van der Waals surface area contributed by atoms with Crippen LogP contribution in [0.2, 0.25) is 0 Å². The summed E-state index contributed by atoms with van der Waals surface area (Å²) in [6.07, 6.45) is 65.3. The lowest BCUT2D eigenvalue weighted by atomic mass is 10.1. The third-order valence-electron chi connectivity index (χ3n) is 9.52. The predicted octanol–water partition coefficient (Wildman–Crippen LogP) is 14.9. The van der Waals surface area contributed by atoms with Crippen LogP contribution in [0.5, 0.6) is 0 Å². The van der Waals surface area contributed by atoms with Gasteiger partial charge in [-0.1, -0.05) is 167 Å². The van der Waals surface area contributed by atoms with E-state index in [0.29, 0.717) is 24.1 Å². The number of phosphoric ester groups is 1. The van der Waals surface area contributed by atoms with E-state index in [1.807, 2.05) is 21.1 Å². The van der Waals surface area contributed by atoms with Gasteiger partial charge in [0, 0.05) is 13.0 Å². The number of esters is 1. The fraction of sp³-hybridized carbons (Fsp3) is 0.611. The largest absolute Gasteiger partial charge is 0.472 e. The zero-order chi connectivity index (χ0) is 46.2. The molecule has 0 saturated carbocycles. The highest BCUT2D eigenvalue weighted by Crippen LogP contribution is 2.43. The number of hydrogen-bond acceptors (Lipinski definition) is 6. The minimum atomic E-state index is -4.30. The number of ether oxygens (including phenoxy) is 2. The second-order valence-corrected chi connectivity index (χ2v) is 18.2. The summed E-state index contributed by atoms with van der Waals surface area (Å²) in [6, 6.07) is 0. The summed E-state index contributed by atoms with van der Waals surface area (Å²) in [7, 11) is 1.61. The normalized spacial score (nSPS) is 14.7. The third-order valence-corrected chi connectivity index (χ3v) is 10.5. The Morgan fingerprint density at radius 2 is 0.873 bits per heavy atom. The molecular formula is C54H91NO7P+. The lowest BCUT2D eigenvalue weighted by molar-refractivity contribution is -0.870. The molecule has 2 atom stereocenters. The van der Waals surface area contributed by atoms with Gasteiger partial charge in [-0.2, -0.15) is 0 Å². The quantitative estimate of drug-likeness (QED) is 0.0214. The number of phosphoric acid groups is 1. The molecule has 0 aromatic carbocycles. The first kappa shape index (κ1) is 59.9. The van der Waals surface area contributed by atoms with E-state index in [2.05, 4.69) is 135 Å². The Morgan fingerprint density at radius 1 is 0.492 bits per heavy atom. The van der Waals surface area contributed by atoms with E-state index < -0.39 is 13.9 Å². The summed E-state index contributed by atoms with van der Waals surface area (Å²) in [5, 5.41) is 0. The van der Waals surface area contributed by atoms with Crippen molar-refractivity contribution in [1.29, 1.82) is 0 Å². The number of rotatable bonds is 43. The topological polar surface area (TPSA) is 91.3 Å². The first-order valence-corrected chi connectivity index (χ1v) is 25.8. The number of hydrogen-bond donors (Lipinski definition) is 1. The molecule has 0 heterocycles. The molecule has 0 bridgehead atoms. The van der Waals surface area contributed by atoms with E-state index in [0.717, 1.165) is 116 Å². The maximum Gasteiger partial charge on any atom is 0.472 e. The molecule has 8 nitrogen and oxygen atoms in total. The zero-order valence-corrected chi connectivity index (χ0v) is 41.4. The van der Waals surface area contributed by atoms with E-state index in [1.54, 1.807) is 0 Å².